The number of ketones is 1. The van der Waals surface area contributed by atoms with Crippen molar-refractivity contribution in [1.29, 1.82) is 0 Å². The highest BCUT2D eigenvalue weighted by atomic mass is 127. The third kappa shape index (κ3) is 2.48. The summed E-state index contributed by atoms with van der Waals surface area (Å²) in [7, 11) is 1.94. The number of carbonyl (C=O) groups is 1. The lowest BCUT2D eigenvalue weighted by molar-refractivity contribution is -0.116. The van der Waals surface area contributed by atoms with Crippen molar-refractivity contribution in [2.24, 2.45) is 0 Å². The number of piperazine rings is 1. The number of aromatic nitrogens is 3. The Morgan fingerprint density at radius 3 is 2.76 bits per heavy atom. The molecule has 0 aromatic carbocycles. The molecular formula is C16H15FIN5O2. The number of anilines is 1. The second kappa shape index (κ2) is 5.84. The van der Waals surface area contributed by atoms with E-state index in [1.165, 1.54) is 8.86 Å². The minimum atomic E-state index is -0.562. The van der Waals surface area contributed by atoms with Crippen LogP contribution < -0.4 is 10.6 Å². The predicted octanol–water partition coefficient (Wildman–Crippen LogP) is 1.15. The van der Waals surface area contributed by atoms with E-state index in [2.05, 4.69) is 14.9 Å². The molecule has 2 aliphatic heterocycles. The largest absolute Gasteiger partial charge is 0.359 e. The van der Waals surface area contributed by atoms with Gasteiger partial charge < -0.3 is 9.80 Å². The molecule has 0 bridgehead atoms. The van der Waals surface area contributed by atoms with E-state index in [4.69, 9.17) is 0 Å². The fraction of sp³-hybridized carbons (Fsp3) is 0.375. The summed E-state index contributed by atoms with van der Waals surface area (Å²) >= 11 is 1.75. The summed E-state index contributed by atoms with van der Waals surface area (Å²) in [4.78, 5) is 37.3. The molecule has 1 saturated heterocycles. The van der Waals surface area contributed by atoms with Gasteiger partial charge in [-0.2, -0.15) is 4.98 Å². The van der Waals surface area contributed by atoms with Crippen LogP contribution in [0.1, 0.15) is 11.4 Å². The van der Waals surface area contributed by atoms with Gasteiger partial charge >= 0.3 is 5.69 Å². The molecule has 25 heavy (non-hydrogen) atoms. The summed E-state index contributed by atoms with van der Waals surface area (Å²) in [5.74, 6) is -0.278. The standard InChI is InChI=1S/C16H15FIN5O2/c1-8-13(17)14-12-9(19-8)3-4-11(24)10-7-21(2)5-6-22(10)15(12)20-16(25)23(14)18/h3-4,10H,5-7H2,1-2H3/b4-3-. The van der Waals surface area contributed by atoms with Crippen LogP contribution in [-0.4, -0.2) is 56.2 Å². The van der Waals surface area contributed by atoms with Crippen molar-refractivity contribution in [3.63, 3.8) is 0 Å². The number of hydrogen-bond donors (Lipinski definition) is 0. The second-order valence-corrected chi connectivity index (χ2v) is 7.29. The van der Waals surface area contributed by atoms with Crippen LogP contribution in [-0.2, 0) is 4.79 Å². The Morgan fingerprint density at radius 2 is 2.00 bits per heavy atom. The molecule has 7 nitrogen and oxygen atoms in total. The fourth-order valence-corrected chi connectivity index (χ4v) is 3.96. The fourth-order valence-electron chi connectivity index (χ4n) is 3.40. The molecule has 2 aromatic rings. The normalized spacial score (nSPS) is 21.8. The lowest BCUT2D eigenvalue weighted by Gasteiger charge is -2.40. The molecule has 9 heteroatoms. The smallest absolute Gasteiger partial charge is 0.343 e. The molecule has 0 radical (unpaired) electrons. The molecular weight excluding hydrogens is 440 g/mol. The Bertz CT molecular complexity index is 1000. The molecule has 2 aliphatic rings. The molecule has 4 rings (SSSR count). The zero-order valence-corrected chi connectivity index (χ0v) is 15.8. The van der Waals surface area contributed by atoms with E-state index >= 15 is 0 Å². The van der Waals surface area contributed by atoms with Gasteiger partial charge in [-0.25, -0.2) is 16.9 Å². The Kier molecular flexibility index (Phi) is 3.87. The third-order valence-corrected chi connectivity index (χ3v) is 5.58. The van der Waals surface area contributed by atoms with Crippen LogP contribution in [0.25, 0.3) is 17.0 Å². The van der Waals surface area contributed by atoms with E-state index in [0.717, 1.165) is 6.54 Å². The molecule has 1 fully saturated rings. The van der Waals surface area contributed by atoms with Crippen molar-refractivity contribution in [3.05, 3.63) is 33.8 Å². The molecule has 0 spiro atoms. The zero-order chi connectivity index (χ0) is 17.9. The van der Waals surface area contributed by atoms with Crippen LogP contribution in [0.3, 0.4) is 0 Å². The van der Waals surface area contributed by atoms with Crippen LogP contribution in [0.15, 0.2) is 10.9 Å². The van der Waals surface area contributed by atoms with Crippen LogP contribution >= 0.6 is 22.9 Å². The summed E-state index contributed by atoms with van der Waals surface area (Å²) in [6.45, 7) is 3.32. The topological polar surface area (TPSA) is 71.3 Å². The van der Waals surface area contributed by atoms with Gasteiger partial charge in [-0.15, -0.1) is 0 Å². The first-order valence-corrected chi connectivity index (χ1v) is 8.81. The maximum absolute atomic E-state index is 14.8. The van der Waals surface area contributed by atoms with Gasteiger partial charge in [0.05, 0.1) is 39.6 Å². The van der Waals surface area contributed by atoms with Crippen LogP contribution in [0, 0.1) is 12.7 Å². The number of halogens is 2. The molecule has 0 N–H and O–H groups in total. The highest BCUT2D eigenvalue weighted by Crippen LogP contribution is 2.33. The zero-order valence-electron chi connectivity index (χ0n) is 13.7. The Hall–Kier alpha value is -1.88. The van der Waals surface area contributed by atoms with Crippen molar-refractivity contribution in [2.75, 3.05) is 31.6 Å². The number of pyridine rings is 1. The van der Waals surface area contributed by atoms with E-state index < -0.39 is 17.5 Å². The number of carbonyl (C=O) groups excluding carboxylic acids is 1. The first-order valence-electron chi connectivity index (χ1n) is 7.84. The van der Waals surface area contributed by atoms with Crippen LogP contribution in [0.4, 0.5) is 10.2 Å². The molecule has 130 valence electrons. The first kappa shape index (κ1) is 16.6. The molecule has 0 aliphatic carbocycles. The molecule has 1 atom stereocenters. The minimum Gasteiger partial charge on any atom is -0.343 e. The highest BCUT2D eigenvalue weighted by Gasteiger charge is 2.34. The SMILES string of the molecule is Cc1nc2c3c(nc(=O)n(I)c3c1F)N1CCN(C)CC1C(=O)/C=C\2. The number of rotatable bonds is 0. The van der Waals surface area contributed by atoms with Crippen molar-refractivity contribution in [3.8, 4) is 0 Å². The lowest BCUT2D eigenvalue weighted by Crippen LogP contribution is -2.56. The molecule has 2 aromatic heterocycles. The molecule has 0 saturated carbocycles. The summed E-state index contributed by atoms with van der Waals surface area (Å²) in [6, 6.07) is -0.451. The van der Waals surface area contributed by atoms with Gasteiger partial charge in [0.2, 0.25) is 0 Å². The maximum Gasteiger partial charge on any atom is 0.359 e. The van der Waals surface area contributed by atoms with E-state index in [-0.39, 0.29) is 17.0 Å². The van der Waals surface area contributed by atoms with Gasteiger partial charge in [-0.05, 0) is 26.1 Å². The molecule has 4 heterocycles. The number of likely N-dealkylation sites (N-methyl/N-ethyl adjacent to an activating group) is 1. The molecule has 0 amide bonds. The highest BCUT2D eigenvalue weighted by molar-refractivity contribution is 14.1. The van der Waals surface area contributed by atoms with Crippen LogP contribution in [0.5, 0.6) is 0 Å². The lowest BCUT2D eigenvalue weighted by atomic mass is 10.0. The van der Waals surface area contributed by atoms with Crippen molar-refractivity contribution in [1.82, 2.24) is 17.6 Å². The number of nitrogens with zero attached hydrogens (tertiary/aromatic N) is 5. The molecule has 1 unspecified atom stereocenters. The Morgan fingerprint density at radius 1 is 1.24 bits per heavy atom. The Labute approximate surface area is 156 Å². The van der Waals surface area contributed by atoms with E-state index in [0.29, 0.717) is 30.0 Å². The van der Waals surface area contributed by atoms with E-state index in [9.17, 15) is 14.0 Å². The summed E-state index contributed by atoms with van der Waals surface area (Å²) < 4.78 is 16.0. The van der Waals surface area contributed by atoms with Gasteiger partial charge in [-0.3, -0.25) is 4.79 Å². The monoisotopic (exact) mass is 455 g/mol. The third-order valence-electron chi connectivity index (χ3n) is 4.69. The second-order valence-electron chi connectivity index (χ2n) is 6.33. The van der Waals surface area contributed by atoms with E-state index in [1.54, 1.807) is 35.9 Å². The summed E-state index contributed by atoms with van der Waals surface area (Å²) in [6.07, 6.45) is 3.08. The summed E-state index contributed by atoms with van der Waals surface area (Å²) in [5.41, 5.74) is 0.229. The maximum atomic E-state index is 14.8. The van der Waals surface area contributed by atoms with Crippen molar-refractivity contribution in [2.45, 2.75) is 13.0 Å². The van der Waals surface area contributed by atoms with E-state index in [1.807, 2.05) is 11.9 Å². The van der Waals surface area contributed by atoms with Gasteiger partial charge in [0.25, 0.3) is 0 Å². The average molecular weight is 455 g/mol. The minimum absolute atomic E-state index is 0.0745. The quantitative estimate of drug-likeness (QED) is 0.556. The van der Waals surface area contributed by atoms with Gasteiger partial charge in [-0.1, -0.05) is 0 Å². The van der Waals surface area contributed by atoms with Gasteiger partial charge in [0.1, 0.15) is 17.4 Å². The first-order chi connectivity index (χ1) is 11.9. The number of aryl methyl sites for hydroxylation is 1. The van der Waals surface area contributed by atoms with Crippen molar-refractivity contribution < 1.29 is 9.18 Å². The van der Waals surface area contributed by atoms with Crippen molar-refractivity contribution >= 4 is 51.4 Å². The van der Waals surface area contributed by atoms with Gasteiger partial charge in [0.15, 0.2) is 11.6 Å². The predicted molar refractivity (Wildman–Crippen MR) is 101 cm³/mol. The average Bonchev–Trinajstić information content (AvgIpc) is 2.58. The number of hydrogen-bond acceptors (Lipinski definition) is 6. The number of fused-ring (bicyclic) bond motifs is 2. The van der Waals surface area contributed by atoms with Crippen LogP contribution in [0.2, 0.25) is 0 Å². The van der Waals surface area contributed by atoms with Gasteiger partial charge in [0, 0.05) is 19.6 Å². The Balaban J connectivity index is 2.13. The summed E-state index contributed by atoms with van der Waals surface area (Å²) in [5, 5.41) is 0.468.